The lowest BCUT2D eigenvalue weighted by molar-refractivity contribution is 0.0676. The quantitative estimate of drug-likeness (QED) is 0.845. The number of benzene rings is 1. The van der Waals surface area contributed by atoms with Crippen LogP contribution in [0.1, 0.15) is 19.2 Å². The first-order valence-electron chi connectivity index (χ1n) is 6.49. The molecule has 19 heavy (non-hydrogen) atoms. The zero-order chi connectivity index (χ0) is 13.5. The highest BCUT2D eigenvalue weighted by atomic mass is 16.3. The van der Waals surface area contributed by atoms with Gasteiger partial charge in [-0.3, -0.25) is 4.90 Å². The topological polar surface area (TPSA) is 75.3 Å². The molecular weight excluding hydrogens is 240 g/mol. The van der Waals surface area contributed by atoms with Gasteiger partial charge in [0.1, 0.15) is 11.6 Å². The summed E-state index contributed by atoms with van der Waals surface area (Å²) in [6.07, 6.45) is 0.788. The lowest BCUT2D eigenvalue weighted by Gasteiger charge is -2.18. The van der Waals surface area contributed by atoms with Crippen molar-refractivity contribution in [3.63, 3.8) is 0 Å². The summed E-state index contributed by atoms with van der Waals surface area (Å²) < 4.78 is 0. The Hall–Kier alpha value is -1.72. The van der Waals surface area contributed by atoms with Gasteiger partial charge in [0.15, 0.2) is 0 Å². The van der Waals surface area contributed by atoms with Crippen molar-refractivity contribution in [3.05, 3.63) is 30.1 Å². The van der Waals surface area contributed by atoms with Crippen LogP contribution in [0.4, 0.5) is 5.82 Å². The van der Waals surface area contributed by atoms with Gasteiger partial charge >= 0.3 is 0 Å². The molecule has 0 amide bonds. The molecule has 100 valence electrons. The van der Waals surface area contributed by atoms with E-state index in [0.717, 1.165) is 23.9 Å². The van der Waals surface area contributed by atoms with E-state index in [2.05, 4.69) is 14.9 Å². The van der Waals surface area contributed by atoms with Gasteiger partial charge in [-0.25, -0.2) is 9.97 Å². The lowest BCUT2D eigenvalue weighted by atomic mass is 10.1. The summed E-state index contributed by atoms with van der Waals surface area (Å²) in [7, 11) is 0. The number of nitrogens with two attached hydrogens (primary N) is 1. The number of nitrogen functional groups attached to an aromatic ring is 1. The van der Waals surface area contributed by atoms with Crippen molar-refractivity contribution < 1.29 is 5.11 Å². The van der Waals surface area contributed by atoms with Crippen LogP contribution >= 0.6 is 0 Å². The first kappa shape index (κ1) is 12.3. The molecule has 1 atom stereocenters. The van der Waals surface area contributed by atoms with Gasteiger partial charge in [-0.1, -0.05) is 12.1 Å². The maximum Gasteiger partial charge on any atom is 0.145 e. The van der Waals surface area contributed by atoms with Crippen LogP contribution in [-0.4, -0.2) is 38.7 Å². The van der Waals surface area contributed by atoms with Crippen LogP contribution < -0.4 is 5.73 Å². The van der Waals surface area contributed by atoms with Crippen molar-refractivity contribution in [2.75, 3.05) is 18.8 Å². The third kappa shape index (κ3) is 2.52. The van der Waals surface area contributed by atoms with Crippen molar-refractivity contribution in [1.29, 1.82) is 0 Å². The molecular formula is C14H18N4O. The molecule has 1 aliphatic heterocycles. The smallest absolute Gasteiger partial charge is 0.145 e. The maximum absolute atomic E-state index is 9.96. The molecule has 3 N–H and O–H groups in total. The highest BCUT2D eigenvalue weighted by Gasteiger charge is 2.31. The van der Waals surface area contributed by atoms with Gasteiger partial charge in [-0.15, -0.1) is 0 Å². The summed E-state index contributed by atoms with van der Waals surface area (Å²) in [6, 6.07) is 7.74. The number of para-hydroxylation sites is 1. The summed E-state index contributed by atoms with van der Waals surface area (Å²) >= 11 is 0. The summed E-state index contributed by atoms with van der Waals surface area (Å²) in [4.78, 5) is 11.0. The Labute approximate surface area is 112 Å². The fourth-order valence-electron chi connectivity index (χ4n) is 2.60. The average Bonchev–Trinajstić information content (AvgIpc) is 2.69. The van der Waals surface area contributed by atoms with Gasteiger partial charge in [0.05, 0.1) is 17.7 Å². The molecule has 0 radical (unpaired) electrons. The first-order chi connectivity index (χ1) is 9.03. The summed E-state index contributed by atoms with van der Waals surface area (Å²) in [5.41, 5.74) is 6.24. The third-order valence-electron chi connectivity index (χ3n) is 3.57. The molecule has 3 rings (SSSR count). The largest absolute Gasteiger partial charge is 0.389 e. The Morgan fingerprint density at radius 3 is 2.89 bits per heavy atom. The highest BCUT2D eigenvalue weighted by Crippen LogP contribution is 2.23. The average molecular weight is 258 g/mol. The number of nitrogens with zero attached hydrogens (tertiary/aromatic N) is 3. The van der Waals surface area contributed by atoms with E-state index in [0.29, 0.717) is 24.7 Å². The maximum atomic E-state index is 9.96. The van der Waals surface area contributed by atoms with Crippen molar-refractivity contribution in [2.45, 2.75) is 25.5 Å². The predicted octanol–water partition coefficient (Wildman–Crippen LogP) is 1.17. The van der Waals surface area contributed by atoms with Crippen LogP contribution in [0.2, 0.25) is 0 Å². The van der Waals surface area contributed by atoms with Gasteiger partial charge in [-0.2, -0.15) is 0 Å². The lowest BCUT2D eigenvalue weighted by Crippen LogP contribution is -2.29. The number of rotatable bonds is 2. The van der Waals surface area contributed by atoms with E-state index in [9.17, 15) is 5.11 Å². The van der Waals surface area contributed by atoms with E-state index >= 15 is 0 Å². The highest BCUT2D eigenvalue weighted by molar-refractivity contribution is 5.87. The van der Waals surface area contributed by atoms with Crippen molar-refractivity contribution >= 4 is 16.7 Å². The number of β-amino-alcohol motifs (C(OH)–C–C–N with tert-alkyl or cyclic N) is 1. The molecule has 0 bridgehead atoms. The van der Waals surface area contributed by atoms with E-state index in [-0.39, 0.29) is 0 Å². The third-order valence-corrected chi connectivity index (χ3v) is 3.57. The van der Waals surface area contributed by atoms with Crippen LogP contribution in [0.25, 0.3) is 10.9 Å². The monoisotopic (exact) mass is 258 g/mol. The van der Waals surface area contributed by atoms with Crippen molar-refractivity contribution in [1.82, 2.24) is 14.9 Å². The van der Waals surface area contributed by atoms with Crippen molar-refractivity contribution in [3.8, 4) is 0 Å². The number of hydrogen-bond acceptors (Lipinski definition) is 5. The molecule has 1 aromatic carbocycles. The van der Waals surface area contributed by atoms with E-state index in [1.807, 2.05) is 31.2 Å². The molecule has 0 saturated carbocycles. The number of aliphatic hydroxyl groups is 1. The molecule has 1 unspecified atom stereocenters. The van der Waals surface area contributed by atoms with E-state index in [1.54, 1.807) is 0 Å². The second kappa shape index (κ2) is 4.43. The van der Waals surface area contributed by atoms with Crippen molar-refractivity contribution in [2.24, 2.45) is 0 Å². The molecule has 0 spiro atoms. The summed E-state index contributed by atoms with van der Waals surface area (Å²) in [5.74, 6) is 1.24. The Morgan fingerprint density at radius 1 is 1.37 bits per heavy atom. The van der Waals surface area contributed by atoms with Gasteiger partial charge in [-0.05, 0) is 25.5 Å². The van der Waals surface area contributed by atoms with E-state index < -0.39 is 5.60 Å². The minimum Gasteiger partial charge on any atom is -0.389 e. The van der Waals surface area contributed by atoms with E-state index in [1.165, 1.54) is 0 Å². The fraction of sp³-hybridized carbons (Fsp3) is 0.429. The molecule has 5 heteroatoms. The molecule has 5 nitrogen and oxygen atoms in total. The zero-order valence-electron chi connectivity index (χ0n) is 11.0. The Kier molecular flexibility index (Phi) is 2.88. The molecule has 2 heterocycles. The SMILES string of the molecule is CC1(O)CCN(Cc2nc(N)c3ccccc3n2)C1. The minimum absolute atomic E-state index is 0.520. The second-order valence-electron chi connectivity index (χ2n) is 5.50. The molecule has 1 aromatic heterocycles. The van der Waals surface area contributed by atoms with Gasteiger partial charge in [0.25, 0.3) is 0 Å². The number of aromatic nitrogens is 2. The summed E-state index contributed by atoms with van der Waals surface area (Å²) in [5, 5.41) is 10.9. The van der Waals surface area contributed by atoms with Crippen LogP contribution in [0.15, 0.2) is 24.3 Å². The number of anilines is 1. The van der Waals surface area contributed by atoms with Crippen LogP contribution in [0.3, 0.4) is 0 Å². The number of fused-ring (bicyclic) bond motifs is 1. The summed E-state index contributed by atoms with van der Waals surface area (Å²) in [6.45, 7) is 4.01. The molecule has 2 aromatic rings. The Balaban J connectivity index is 1.86. The number of likely N-dealkylation sites (tertiary alicyclic amines) is 1. The zero-order valence-corrected chi connectivity index (χ0v) is 11.0. The molecule has 0 aliphatic carbocycles. The van der Waals surface area contributed by atoms with Crippen LogP contribution in [0.5, 0.6) is 0 Å². The van der Waals surface area contributed by atoms with Crippen LogP contribution in [-0.2, 0) is 6.54 Å². The Morgan fingerprint density at radius 2 is 2.16 bits per heavy atom. The molecule has 1 fully saturated rings. The van der Waals surface area contributed by atoms with Gasteiger partial charge in [0.2, 0.25) is 0 Å². The second-order valence-corrected chi connectivity index (χ2v) is 5.50. The van der Waals surface area contributed by atoms with E-state index in [4.69, 9.17) is 5.73 Å². The first-order valence-corrected chi connectivity index (χ1v) is 6.49. The normalized spacial score (nSPS) is 24.1. The standard InChI is InChI=1S/C14H18N4O/c1-14(19)6-7-18(9-14)8-12-16-11-5-3-2-4-10(11)13(15)17-12/h2-5,19H,6-9H2,1H3,(H2,15,16,17). The molecule has 1 aliphatic rings. The van der Waals surface area contributed by atoms with Gasteiger partial charge < -0.3 is 10.8 Å². The minimum atomic E-state index is -0.595. The predicted molar refractivity (Wildman–Crippen MR) is 74.5 cm³/mol. The Bertz CT molecular complexity index is 611. The number of hydrogen-bond donors (Lipinski definition) is 2. The fourth-order valence-corrected chi connectivity index (χ4v) is 2.60. The van der Waals surface area contributed by atoms with Gasteiger partial charge in [0, 0.05) is 18.5 Å². The molecule has 1 saturated heterocycles. The van der Waals surface area contributed by atoms with Crippen LogP contribution in [0, 0.1) is 0 Å².